The van der Waals surface area contributed by atoms with Crippen LogP contribution in [-0.2, 0) is 10.0 Å². The van der Waals surface area contributed by atoms with Crippen molar-refractivity contribution in [2.75, 3.05) is 11.9 Å². The first kappa shape index (κ1) is 19.9. The zero-order chi connectivity index (χ0) is 19.3. The Morgan fingerprint density at radius 2 is 1.73 bits per heavy atom. The van der Waals surface area contributed by atoms with Gasteiger partial charge in [-0.25, -0.2) is 13.1 Å². The first-order chi connectivity index (χ1) is 12.2. The highest BCUT2D eigenvalue weighted by Crippen LogP contribution is 2.28. The highest BCUT2D eigenvalue weighted by molar-refractivity contribution is 7.89. The van der Waals surface area contributed by atoms with E-state index in [2.05, 4.69) is 10.0 Å². The maximum absolute atomic E-state index is 12.2. The number of rotatable bonds is 8. The molecule has 2 rings (SSSR count). The number of nitrogens with zero attached hydrogens (tertiary/aromatic N) is 1. The molecule has 0 aliphatic carbocycles. The van der Waals surface area contributed by atoms with Crippen molar-refractivity contribution in [2.24, 2.45) is 0 Å². The van der Waals surface area contributed by atoms with Crippen LogP contribution in [0.3, 0.4) is 0 Å². The van der Waals surface area contributed by atoms with E-state index in [1.54, 1.807) is 13.8 Å². The summed E-state index contributed by atoms with van der Waals surface area (Å²) in [5.41, 5.74) is 1.14. The summed E-state index contributed by atoms with van der Waals surface area (Å²) in [6.07, 6.45) is 0. The number of hydrogen-bond acceptors (Lipinski definition) is 5. The molecule has 0 radical (unpaired) electrons. The highest BCUT2D eigenvalue weighted by Gasteiger charge is 2.22. The molecule has 2 aromatic carbocycles. The molecule has 0 amide bonds. The van der Waals surface area contributed by atoms with Gasteiger partial charge in [0, 0.05) is 18.7 Å². The molecule has 0 aliphatic rings. The molecule has 0 fully saturated rings. The third-order valence-electron chi connectivity index (χ3n) is 3.83. The highest BCUT2D eigenvalue weighted by atomic mass is 32.2. The standard InChI is InChI=1S/C18H23N3O4S/c1-13(2)20-26(24,25)16-9-10-17(18(11-16)21(22)23)19-12-14(3)15-7-5-4-6-8-15/h4-11,13-14,19-20H,12H2,1-3H3/t14-/m0/s1. The molecule has 0 unspecified atom stereocenters. The lowest BCUT2D eigenvalue weighted by Crippen LogP contribution is -2.30. The monoisotopic (exact) mass is 377 g/mol. The maximum Gasteiger partial charge on any atom is 0.293 e. The second-order valence-electron chi connectivity index (χ2n) is 6.40. The van der Waals surface area contributed by atoms with E-state index in [-0.39, 0.29) is 22.5 Å². The van der Waals surface area contributed by atoms with Gasteiger partial charge in [0.2, 0.25) is 10.0 Å². The summed E-state index contributed by atoms with van der Waals surface area (Å²) in [6, 6.07) is 13.4. The molecule has 8 heteroatoms. The second kappa shape index (κ2) is 8.29. The Morgan fingerprint density at radius 1 is 1.08 bits per heavy atom. The minimum atomic E-state index is -3.79. The Balaban J connectivity index is 2.23. The third kappa shape index (κ3) is 5.03. The van der Waals surface area contributed by atoms with E-state index in [0.717, 1.165) is 11.6 Å². The van der Waals surface area contributed by atoms with Crippen LogP contribution in [0.1, 0.15) is 32.3 Å². The van der Waals surface area contributed by atoms with Crippen molar-refractivity contribution in [2.45, 2.75) is 37.6 Å². The van der Waals surface area contributed by atoms with Gasteiger partial charge < -0.3 is 5.32 Å². The second-order valence-corrected chi connectivity index (χ2v) is 8.12. The number of nitro benzene ring substituents is 1. The number of nitro groups is 1. The third-order valence-corrected chi connectivity index (χ3v) is 5.49. The molecule has 2 aromatic rings. The lowest BCUT2D eigenvalue weighted by molar-refractivity contribution is -0.384. The molecular formula is C18H23N3O4S. The average Bonchev–Trinajstić information content (AvgIpc) is 2.59. The summed E-state index contributed by atoms with van der Waals surface area (Å²) in [7, 11) is -3.79. The van der Waals surface area contributed by atoms with Crippen LogP contribution in [0.15, 0.2) is 53.4 Å². The summed E-state index contributed by atoms with van der Waals surface area (Å²) in [6.45, 7) is 5.88. The molecule has 0 spiro atoms. The first-order valence-corrected chi connectivity index (χ1v) is 9.78. The lowest BCUT2D eigenvalue weighted by Gasteiger charge is -2.15. The molecule has 2 N–H and O–H groups in total. The van der Waals surface area contributed by atoms with Crippen LogP contribution in [-0.4, -0.2) is 25.9 Å². The maximum atomic E-state index is 12.2. The predicted molar refractivity (Wildman–Crippen MR) is 102 cm³/mol. The van der Waals surface area contributed by atoms with Crippen LogP contribution >= 0.6 is 0 Å². The van der Waals surface area contributed by atoms with Crippen LogP contribution in [0.25, 0.3) is 0 Å². The molecule has 0 aliphatic heterocycles. The summed E-state index contributed by atoms with van der Waals surface area (Å²) in [5.74, 6) is 0.141. The normalized spacial score (nSPS) is 12.8. The number of anilines is 1. The molecule has 7 nitrogen and oxygen atoms in total. The summed E-state index contributed by atoms with van der Waals surface area (Å²) in [5, 5.41) is 14.4. The fourth-order valence-corrected chi connectivity index (χ4v) is 3.79. The molecule has 0 saturated heterocycles. The molecule has 0 saturated carbocycles. The van der Waals surface area contributed by atoms with Crippen molar-refractivity contribution >= 4 is 21.4 Å². The van der Waals surface area contributed by atoms with E-state index in [4.69, 9.17) is 0 Å². The van der Waals surface area contributed by atoms with Crippen molar-refractivity contribution in [3.63, 3.8) is 0 Å². The van der Waals surface area contributed by atoms with Crippen molar-refractivity contribution in [1.82, 2.24) is 4.72 Å². The Morgan fingerprint density at radius 3 is 2.31 bits per heavy atom. The van der Waals surface area contributed by atoms with Crippen LogP contribution < -0.4 is 10.0 Å². The van der Waals surface area contributed by atoms with Crippen LogP contribution in [0.4, 0.5) is 11.4 Å². The lowest BCUT2D eigenvalue weighted by atomic mass is 10.0. The van der Waals surface area contributed by atoms with E-state index in [1.807, 2.05) is 37.3 Å². The fourth-order valence-electron chi connectivity index (χ4n) is 2.52. The Kier molecular flexibility index (Phi) is 6.33. The number of benzene rings is 2. The minimum absolute atomic E-state index is 0.125. The van der Waals surface area contributed by atoms with Crippen molar-refractivity contribution in [3.8, 4) is 0 Å². The van der Waals surface area contributed by atoms with E-state index in [0.29, 0.717) is 12.2 Å². The molecular weight excluding hydrogens is 354 g/mol. The minimum Gasteiger partial charge on any atom is -0.379 e. The van der Waals surface area contributed by atoms with E-state index in [9.17, 15) is 18.5 Å². The molecule has 0 aromatic heterocycles. The summed E-state index contributed by atoms with van der Waals surface area (Å²) < 4.78 is 26.9. The Hall–Kier alpha value is -2.45. The quantitative estimate of drug-likeness (QED) is 0.541. The zero-order valence-electron chi connectivity index (χ0n) is 15.0. The van der Waals surface area contributed by atoms with Crippen LogP contribution in [0.2, 0.25) is 0 Å². The van der Waals surface area contributed by atoms with E-state index in [1.165, 1.54) is 12.1 Å². The van der Waals surface area contributed by atoms with E-state index >= 15 is 0 Å². The van der Waals surface area contributed by atoms with Gasteiger partial charge in [0.1, 0.15) is 5.69 Å². The van der Waals surface area contributed by atoms with Gasteiger partial charge in [-0.3, -0.25) is 10.1 Å². The molecule has 1 atom stereocenters. The predicted octanol–water partition coefficient (Wildman–Crippen LogP) is 3.50. The molecule has 0 heterocycles. The molecule has 140 valence electrons. The number of sulfonamides is 1. The van der Waals surface area contributed by atoms with Gasteiger partial charge in [-0.15, -0.1) is 0 Å². The van der Waals surface area contributed by atoms with Gasteiger partial charge >= 0.3 is 0 Å². The van der Waals surface area contributed by atoms with Gasteiger partial charge in [-0.2, -0.15) is 0 Å². The van der Waals surface area contributed by atoms with Gasteiger partial charge in [0.25, 0.3) is 5.69 Å². The summed E-state index contributed by atoms with van der Waals surface area (Å²) in [4.78, 5) is 10.7. The van der Waals surface area contributed by atoms with Gasteiger partial charge in [0.15, 0.2) is 0 Å². The summed E-state index contributed by atoms with van der Waals surface area (Å²) >= 11 is 0. The van der Waals surface area contributed by atoms with Crippen molar-refractivity contribution in [1.29, 1.82) is 0 Å². The fraction of sp³-hybridized carbons (Fsp3) is 0.333. The number of hydrogen-bond donors (Lipinski definition) is 2. The van der Waals surface area contributed by atoms with Gasteiger partial charge in [-0.1, -0.05) is 37.3 Å². The van der Waals surface area contributed by atoms with Crippen LogP contribution in [0, 0.1) is 10.1 Å². The Labute approximate surface area is 153 Å². The van der Waals surface area contributed by atoms with E-state index < -0.39 is 14.9 Å². The zero-order valence-corrected chi connectivity index (χ0v) is 15.8. The Bertz CT molecular complexity index is 867. The molecule has 0 bridgehead atoms. The first-order valence-electron chi connectivity index (χ1n) is 8.30. The topological polar surface area (TPSA) is 101 Å². The SMILES string of the molecule is CC(C)NS(=O)(=O)c1ccc(NC[C@H](C)c2ccccc2)c([N+](=O)[O-])c1. The number of nitrogens with one attached hydrogen (secondary N) is 2. The van der Waals surface area contributed by atoms with Crippen LogP contribution in [0.5, 0.6) is 0 Å². The van der Waals surface area contributed by atoms with Crippen molar-refractivity contribution < 1.29 is 13.3 Å². The largest absolute Gasteiger partial charge is 0.379 e. The van der Waals surface area contributed by atoms with Gasteiger partial charge in [0.05, 0.1) is 9.82 Å². The molecule has 26 heavy (non-hydrogen) atoms. The van der Waals surface area contributed by atoms with Crippen molar-refractivity contribution in [3.05, 3.63) is 64.2 Å². The smallest absolute Gasteiger partial charge is 0.293 e. The average molecular weight is 377 g/mol. The van der Waals surface area contributed by atoms with Gasteiger partial charge in [-0.05, 0) is 37.5 Å².